The molecular formula is C12H20N2O. The summed E-state index contributed by atoms with van der Waals surface area (Å²) < 4.78 is 1.75. The van der Waals surface area contributed by atoms with Crippen LogP contribution >= 0.6 is 0 Å². The molecule has 1 unspecified atom stereocenters. The minimum atomic E-state index is -0.314. The average Bonchev–Trinajstić information content (AvgIpc) is 2.65. The molecule has 0 aromatic carbocycles. The fourth-order valence-corrected chi connectivity index (χ4v) is 2.47. The third-order valence-electron chi connectivity index (χ3n) is 3.57. The Kier molecular flexibility index (Phi) is 3.10. The molecule has 0 radical (unpaired) electrons. The summed E-state index contributed by atoms with van der Waals surface area (Å²) >= 11 is 0. The molecular weight excluding hydrogens is 188 g/mol. The van der Waals surface area contributed by atoms with Gasteiger partial charge in [-0.15, -0.1) is 0 Å². The standard InChI is InChI=1S/C12H20N2O/c1-9-3-5-10(6-4-9)12(15)11-7-13-14(2)8-11/h7-10,12,15H,3-6H2,1-2H3. The first-order valence-electron chi connectivity index (χ1n) is 5.83. The van der Waals surface area contributed by atoms with Gasteiger partial charge in [0.1, 0.15) is 0 Å². The number of nitrogens with zero attached hydrogens (tertiary/aromatic N) is 2. The summed E-state index contributed by atoms with van der Waals surface area (Å²) in [5.41, 5.74) is 0.969. The number of aliphatic hydroxyl groups is 1. The predicted molar refractivity (Wildman–Crippen MR) is 59.3 cm³/mol. The van der Waals surface area contributed by atoms with Crippen LogP contribution in [0.3, 0.4) is 0 Å². The van der Waals surface area contributed by atoms with Crippen LogP contribution in [-0.4, -0.2) is 14.9 Å². The van der Waals surface area contributed by atoms with E-state index in [1.165, 1.54) is 12.8 Å². The summed E-state index contributed by atoms with van der Waals surface area (Å²) in [6.45, 7) is 2.30. The van der Waals surface area contributed by atoms with Gasteiger partial charge in [0.15, 0.2) is 0 Å². The summed E-state index contributed by atoms with van der Waals surface area (Å²) in [4.78, 5) is 0. The summed E-state index contributed by atoms with van der Waals surface area (Å²) in [6.07, 6.45) is 8.19. The average molecular weight is 208 g/mol. The second-order valence-corrected chi connectivity index (χ2v) is 4.91. The zero-order valence-electron chi connectivity index (χ0n) is 9.56. The van der Waals surface area contributed by atoms with Crippen LogP contribution < -0.4 is 0 Å². The molecule has 1 fully saturated rings. The normalized spacial score (nSPS) is 29.0. The molecule has 2 rings (SSSR count). The van der Waals surface area contributed by atoms with E-state index < -0.39 is 0 Å². The van der Waals surface area contributed by atoms with Gasteiger partial charge in [0, 0.05) is 18.8 Å². The predicted octanol–water partition coefficient (Wildman–Crippen LogP) is 2.28. The van der Waals surface area contributed by atoms with Crippen molar-refractivity contribution in [2.45, 2.75) is 38.7 Å². The third kappa shape index (κ3) is 2.40. The van der Waals surface area contributed by atoms with Crippen LogP contribution in [0.2, 0.25) is 0 Å². The van der Waals surface area contributed by atoms with Gasteiger partial charge in [0.25, 0.3) is 0 Å². The molecule has 0 saturated heterocycles. The van der Waals surface area contributed by atoms with Crippen molar-refractivity contribution in [2.75, 3.05) is 0 Å². The second kappa shape index (κ2) is 4.35. The van der Waals surface area contributed by atoms with Crippen LogP contribution in [0.1, 0.15) is 44.3 Å². The van der Waals surface area contributed by atoms with Gasteiger partial charge in [-0.1, -0.05) is 19.8 Å². The van der Waals surface area contributed by atoms with Crippen molar-refractivity contribution in [3.63, 3.8) is 0 Å². The SMILES string of the molecule is CC1CCC(C(O)c2cnn(C)c2)CC1. The zero-order chi connectivity index (χ0) is 10.8. The van der Waals surface area contributed by atoms with Crippen LogP contribution in [0, 0.1) is 11.8 Å². The number of hydrogen-bond donors (Lipinski definition) is 1. The van der Waals surface area contributed by atoms with Crippen molar-refractivity contribution in [3.8, 4) is 0 Å². The van der Waals surface area contributed by atoms with Gasteiger partial charge in [0.2, 0.25) is 0 Å². The van der Waals surface area contributed by atoms with E-state index in [9.17, 15) is 5.11 Å². The van der Waals surface area contributed by atoms with E-state index in [0.717, 1.165) is 24.3 Å². The van der Waals surface area contributed by atoms with E-state index in [4.69, 9.17) is 0 Å². The first kappa shape index (κ1) is 10.7. The maximum atomic E-state index is 10.2. The monoisotopic (exact) mass is 208 g/mol. The highest BCUT2D eigenvalue weighted by molar-refractivity contribution is 5.09. The highest BCUT2D eigenvalue weighted by Crippen LogP contribution is 2.36. The molecule has 1 aromatic rings. The molecule has 3 nitrogen and oxygen atoms in total. The highest BCUT2D eigenvalue weighted by Gasteiger charge is 2.26. The lowest BCUT2D eigenvalue weighted by atomic mass is 9.79. The number of aryl methyl sites for hydroxylation is 1. The Morgan fingerprint density at radius 1 is 1.40 bits per heavy atom. The second-order valence-electron chi connectivity index (χ2n) is 4.91. The molecule has 15 heavy (non-hydrogen) atoms. The fourth-order valence-electron chi connectivity index (χ4n) is 2.47. The maximum absolute atomic E-state index is 10.2. The molecule has 1 aromatic heterocycles. The van der Waals surface area contributed by atoms with Crippen molar-refractivity contribution in [2.24, 2.45) is 18.9 Å². The van der Waals surface area contributed by atoms with Gasteiger partial charge in [-0.3, -0.25) is 4.68 Å². The third-order valence-corrected chi connectivity index (χ3v) is 3.57. The summed E-state index contributed by atoms with van der Waals surface area (Å²) in [6, 6.07) is 0. The van der Waals surface area contributed by atoms with E-state index in [2.05, 4.69) is 12.0 Å². The molecule has 0 spiro atoms. The molecule has 3 heteroatoms. The molecule has 0 aliphatic heterocycles. The summed E-state index contributed by atoms with van der Waals surface area (Å²) in [7, 11) is 1.89. The van der Waals surface area contributed by atoms with Crippen molar-refractivity contribution >= 4 is 0 Å². The van der Waals surface area contributed by atoms with Gasteiger partial charge in [-0.2, -0.15) is 5.10 Å². The fraction of sp³-hybridized carbons (Fsp3) is 0.750. The molecule has 0 bridgehead atoms. The minimum Gasteiger partial charge on any atom is -0.388 e. The summed E-state index contributed by atoms with van der Waals surface area (Å²) in [5.74, 6) is 1.27. The smallest absolute Gasteiger partial charge is 0.0848 e. The van der Waals surface area contributed by atoms with Gasteiger partial charge in [-0.25, -0.2) is 0 Å². The van der Waals surface area contributed by atoms with Crippen molar-refractivity contribution in [3.05, 3.63) is 18.0 Å². The quantitative estimate of drug-likeness (QED) is 0.809. The van der Waals surface area contributed by atoms with Crippen LogP contribution in [-0.2, 0) is 7.05 Å². The lowest BCUT2D eigenvalue weighted by Gasteiger charge is -2.29. The molecule has 0 amide bonds. The Bertz CT molecular complexity index is 313. The Morgan fingerprint density at radius 2 is 2.07 bits per heavy atom. The number of aliphatic hydroxyl groups excluding tert-OH is 1. The summed E-state index contributed by atoms with van der Waals surface area (Å²) in [5, 5.41) is 14.3. The van der Waals surface area contributed by atoms with E-state index in [-0.39, 0.29) is 6.10 Å². The lowest BCUT2D eigenvalue weighted by Crippen LogP contribution is -2.19. The zero-order valence-corrected chi connectivity index (χ0v) is 9.56. The van der Waals surface area contributed by atoms with Crippen molar-refractivity contribution < 1.29 is 5.11 Å². The minimum absolute atomic E-state index is 0.314. The van der Waals surface area contributed by atoms with Crippen LogP contribution in [0.15, 0.2) is 12.4 Å². The number of hydrogen-bond acceptors (Lipinski definition) is 2. The highest BCUT2D eigenvalue weighted by atomic mass is 16.3. The molecule has 84 valence electrons. The maximum Gasteiger partial charge on any atom is 0.0848 e. The molecule has 1 aliphatic rings. The Balaban J connectivity index is 1.99. The van der Waals surface area contributed by atoms with E-state index in [1.54, 1.807) is 10.9 Å². The van der Waals surface area contributed by atoms with Crippen molar-refractivity contribution in [1.29, 1.82) is 0 Å². The topological polar surface area (TPSA) is 38.1 Å². The van der Waals surface area contributed by atoms with Crippen molar-refractivity contribution in [1.82, 2.24) is 9.78 Å². The van der Waals surface area contributed by atoms with Gasteiger partial charge >= 0.3 is 0 Å². The van der Waals surface area contributed by atoms with Gasteiger partial charge in [-0.05, 0) is 24.7 Å². The van der Waals surface area contributed by atoms with Crippen LogP contribution in [0.5, 0.6) is 0 Å². The molecule has 1 saturated carbocycles. The van der Waals surface area contributed by atoms with Gasteiger partial charge < -0.3 is 5.11 Å². The van der Waals surface area contributed by atoms with E-state index >= 15 is 0 Å². The molecule has 1 atom stereocenters. The Morgan fingerprint density at radius 3 is 2.60 bits per heavy atom. The Labute approximate surface area is 91.1 Å². The first-order chi connectivity index (χ1) is 7.16. The largest absolute Gasteiger partial charge is 0.388 e. The van der Waals surface area contributed by atoms with E-state index in [0.29, 0.717) is 5.92 Å². The first-order valence-corrected chi connectivity index (χ1v) is 5.83. The molecule has 1 aliphatic carbocycles. The molecule has 1 N–H and O–H groups in total. The van der Waals surface area contributed by atoms with Crippen LogP contribution in [0.25, 0.3) is 0 Å². The van der Waals surface area contributed by atoms with Crippen LogP contribution in [0.4, 0.5) is 0 Å². The number of rotatable bonds is 2. The Hall–Kier alpha value is -0.830. The number of aromatic nitrogens is 2. The molecule has 1 heterocycles. The van der Waals surface area contributed by atoms with Gasteiger partial charge in [0.05, 0.1) is 12.3 Å². The van der Waals surface area contributed by atoms with E-state index in [1.807, 2.05) is 13.2 Å². The lowest BCUT2D eigenvalue weighted by molar-refractivity contribution is 0.0755.